The molecule has 0 saturated carbocycles. The number of nitrogens with one attached hydrogen (secondary N) is 1. The quantitative estimate of drug-likeness (QED) is 0.731. The maximum atomic E-state index is 5.80. The lowest BCUT2D eigenvalue weighted by Gasteiger charge is -2.11. The SMILES string of the molecule is CC(Oc1ccc2ccccc2c1)c1n[nH]c(=S)o1. The zero-order valence-electron chi connectivity index (χ0n) is 10.3. The molecule has 19 heavy (non-hydrogen) atoms. The van der Waals surface area contributed by atoms with Gasteiger partial charge in [0.15, 0.2) is 6.10 Å². The van der Waals surface area contributed by atoms with Gasteiger partial charge in [0.2, 0.25) is 0 Å². The van der Waals surface area contributed by atoms with Crippen LogP contribution in [0.4, 0.5) is 0 Å². The summed E-state index contributed by atoms with van der Waals surface area (Å²) in [6.45, 7) is 1.86. The number of H-pyrrole nitrogens is 1. The number of ether oxygens (including phenoxy) is 1. The molecule has 96 valence electrons. The largest absolute Gasteiger partial charge is 0.481 e. The Bertz CT molecular complexity index is 763. The fourth-order valence-corrected chi connectivity index (χ4v) is 2.04. The Morgan fingerprint density at radius 2 is 2.00 bits per heavy atom. The van der Waals surface area contributed by atoms with Crippen LogP contribution in [-0.2, 0) is 0 Å². The Balaban J connectivity index is 1.86. The van der Waals surface area contributed by atoms with E-state index in [1.165, 1.54) is 5.39 Å². The molecule has 0 bridgehead atoms. The van der Waals surface area contributed by atoms with Crippen molar-refractivity contribution in [1.82, 2.24) is 10.2 Å². The van der Waals surface area contributed by atoms with Crippen LogP contribution in [0, 0.1) is 4.84 Å². The second-order valence-corrected chi connectivity index (χ2v) is 4.59. The maximum Gasteiger partial charge on any atom is 0.284 e. The Morgan fingerprint density at radius 3 is 2.74 bits per heavy atom. The molecule has 0 aliphatic rings. The van der Waals surface area contributed by atoms with Crippen LogP contribution in [0.15, 0.2) is 46.9 Å². The number of aromatic nitrogens is 2. The zero-order chi connectivity index (χ0) is 13.2. The third-order valence-corrected chi connectivity index (χ3v) is 3.01. The zero-order valence-corrected chi connectivity index (χ0v) is 11.1. The lowest BCUT2D eigenvalue weighted by Crippen LogP contribution is -2.03. The van der Waals surface area contributed by atoms with Gasteiger partial charge in [-0.25, -0.2) is 5.10 Å². The molecule has 1 atom stereocenters. The summed E-state index contributed by atoms with van der Waals surface area (Å²) >= 11 is 4.84. The average molecular weight is 272 g/mol. The predicted octanol–water partition coefficient (Wildman–Crippen LogP) is 4.03. The van der Waals surface area contributed by atoms with Crippen LogP contribution in [0.5, 0.6) is 5.75 Å². The Kier molecular flexibility index (Phi) is 3.05. The van der Waals surface area contributed by atoms with Crippen LogP contribution in [0.2, 0.25) is 0 Å². The third-order valence-electron chi connectivity index (χ3n) is 2.84. The lowest BCUT2D eigenvalue weighted by atomic mass is 10.1. The molecule has 3 rings (SSSR count). The third kappa shape index (κ3) is 2.51. The number of aromatic amines is 1. The Hall–Kier alpha value is -2.14. The number of fused-ring (bicyclic) bond motifs is 1. The first-order valence-electron chi connectivity index (χ1n) is 5.93. The van der Waals surface area contributed by atoms with Crippen molar-refractivity contribution < 1.29 is 9.15 Å². The van der Waals surface area contributed by atoms with Crippen LogP contribution < -0.4 is 4.74 Å². The van der Waals surface area contributed by atoms with Gasteiger partial charge in [-0.3, -0.25) is 0 Å². The summed E-state index contributed by atoms with van der Waals surface area (Å²) in [6, 6.07) is 14.1. The van der Waals surface area contributed by atoms with Gasteiger partial charge in [-0.1, -0.05) is 30.3 Å². The molecule has 0 spiro atoms. The van der Waals surface area contributed by atoms with Crippen molar-refractivity contribution in [2.24, 2.45) is 0 Å². The molecule has 2 aromatic carbocycles. The number of nitrogens with zero attached hydrogens (tertiary/aromatic N) is 1. The topological polar surface area (TPSA) is 51.0 Å². The minimum atomic E-state index is -0.297. The number of benzene rings is 2. The molecular weight excluding hydrogens is 260 g/mol. The summed E-state index contributed by atoms with van der Waals surface area (Å²) in [4.78, 5) is 0.254. The molecule has 5 heteroatoms. The molecule has 0 radical (unpaired) electrons. The van der Waals surface area contributed by atoms with E-state index in [0.717, 1.165) is 11.1 Å². The van der Waals surface area contributed by atoms with E-state index in [1.807, 2.05) is 43.3 Å². The molecule has 4 nitrogen and oxygen atoms in total. The van der Waals surface area contributed by atoms with E-state index < -0.39 is 0 Å². The molecule has 0 saturated heterocycles. The first-order valence-corrected chi connectivity index (χ1v) is 6.34. The number of hydrogen-bond donors (Lipinski definition) is 1. The summed E-state index contributed by atoms with van der Waals surface area (Å²) in [5.74, 6) is 1.22. The van der Waals surface area contributed by atoms with E-state index in [-0.39, 0.29) is 10.9 Å². The van der Waals surface area contributed by atoms with Crippen LogP contribution in [0.3, 0.4) is 0 Å². The van der Waals surface area contributed by atoms with Gasteiger partial charge >= 0.3 is 0 Å². The molecule has 0 aliphatic carbocycles. The predicted molar refractivity (Wildman–Crippen MR) is 74.7 cm³/mol. The van der Waals surface area contributed by atoms with E-state index in [4.69, 9.17) is 21.4 Å². The highest BCUT2D eigenvalue weighted by molar-refractivity contribution is 7.71. The summed E-state index contributed by atoms with van der Waals surface area (Å²) in [5.41, 5.74) is 0. The highest BCUT2D eigenvalue weighted by Crippen LogP contribution is 2.24. The van der Waals surface area contributed by atoms with E-state index >= 15 is 0 Å². The van der Waals surface area contributed by atoms with Gasteiger partial charge in [0, 0.05) is 0 Å². The standard InChI is InChI=1S/C14H12N2O2S/c1-9(13-15-16-14(19)18-13)17-12-7-6-10-4-2-3-5-11(10)8-12/h2-9H,1H3,(H,16,19). The summed E-state index contributed by atoms with van der Waals surface area (Å²) in [6.07, 6.45) is -0.297. The van der Waals surface area contributed by atoms with Crippen molar-refractivity contribution in [2.45, 2.75) is 13.0 Å². The summed E-state index contributed by atoms with van der Waals surface area (Å²) in [5, 5.41) is 8.85. The van der Waals surface area contributed by atoms with Crippen molar-refractivity contribution in [2.75, 3.05) is 0 Å². The van der Waals surface area contributed by atoms with Crippen molar-refractivity contribution in [1.29, 1.82) is 0 Å². The van der Waals surface area contributed by atoms with Crippen molar-refractivity contribution in [3.8, 4) is 5.75 Å². The van der Waals surface area contributed by atoms with Crippen molar-refractivity contribution >= 4 is 23.0 Å². The number of rotatable bonds is 3. The van der Waals surface area contributed by atoms with Gasteiger partial charge in [0.1, 0.15) is 5.75 Å². The van der Waals surface area contributed by atoms with Gasteiger partial charge < -0.3 is 9.15 Å². The van der Waals surface area contributed by atoms with E-state index in [9.17, 15) is 0 Å². The van der Waals surface area contributed by atoms with E-state index in [2.05, 4.69) is 16.3 Å². The summed E-state index contributed by atoms with van der Waals surface area (Å²) < 4.78 is 11.0. The van der Waals surface area contributed by atoms with Crippen molar-refractivity contribution in [3.05, 3.63) is 53.2 Å². The summed E-state index contributed by atoms with van der Waals surface area (Å²) in [7, 11) is 0. The monoisotopic (exact) mass is 272 g/mol. The first-order chi connectivity index (χ1) is 9.22. The number of hydrogen-bond acceptors (Lipinski definition) is 4. The van der Waals surface area contributed by atoms with Crippen LogP contribution >= 0.6 is 12.2 Å². The average Bonchev–Trinajstić information content (AvgIpc) is 2.85. The second-order valence-electron chi connectivity index (χ2n) is 4.22. The molecule has 1 unspecified atom stereocenters. The molecular formula is C14H12N2O2S. The minimum absolute atomic E-state index is 0.254. The molecule has 1 aromatic heterocycles. The highest BCUT2D eigenvalue weighted by atomic mass is 32.1. The normalized spacial score (nSPS) is 12.5. The van der Waals surface area contributed by atoms with Crippen molar-refractivity contribution in [3.63, 3.8) is 0 Å². The molecule has 3 aromatic rings. The molecule has 0 aliphatic heterocycles. The van der Waals surface area contributed by atoms with Gasteiger partial charge in [-0.15, -0.1) is 5.10 Å². The molecule has 0 fully saturated rings. The molecule has 1 N–H and O–H groups in total. The van der Waals surface area contributed by atoms with Crippen LogP contribution in [0.25, 0.3) is 10.8 Å². The Morgan fingerprint density at radius 1 is 1.21 bits per heavy atom. The van der Waals surface area contributed by atoms with Crippen LogP contribution in [-0.4, -0.2) is 10.2 Å². The highest BCUT2D eigenvalue weighted by Gasteiger charge is 2.13. The van der Waals surface area contributed by atoms with Crippen LogP contribution in [0.1, 0.15) is 18.9 Å². The second kappa shape index (κ2) is 4.85. The smallest absolute Gasteiger partial charge is 0.284 e. The fourth-order valence-electron chi connectivity index (χ4n) is 1.91. The Labute approximate surface area is 115 Å². The van der Waals surface area contributed by atoms with E-state index in [1.54, 1.807) is 0 Å². The first kappa shape index (κ1) is 11.9. The van der Waals surface area contributed by atoms with E-state index in [0.29, 0.717) is 5.89 Å². The fraction of sp³-hybridized carbons (Fsp3) is 0.143. The molecule has 1 heterocycles. The van der Waals surface area contributed by atoms with Gasteiger partial charge in [-0.05, 0) is 42.0 Å². The minimum Gasteiger partial charge on any atom is -0.481 e. The van der Waals surface area contributed by atoms with Gasteiger partial charge in [0.25, 0.3) is 10.7 Å². The molecule has 0 amide bonds. The maximum absolute atomic E-state index is 5.80. The lowest BCUT2D eigenvalue weighted by molar-refractivity contribution is 0.188. The van der Waals surface area contributed by atoms with Gasteiger partial charge in [-0.2, -0.15) is 0 Å². The van der Waals surface area contributed by atoms with Gasteiger partial charge in [0.05, 0.1) is 0 Å².